The first-order chi connectivity index (χ1) is 10.1. The lowest BCUT2D eigenvalue weighted by Crippen LogP contribution is -2.28. The predicted molar refractivity (Wildman–Crippen MR) is 85.1 cm³/mol. The van der Waals surface area contributed by atoms with E-state index in [4.69, 9.17) is 0 Å². The summed E-state index contributed by atoms with van der Waals surface area (Å²) in [7, 11) is 0. The minimum Gasteiger partial charge on any atom is -0.272 e. The first kappa shape index (κ1) is 17.5. The Morgan fingerprint density at radius 3 is 2.27 bits per heavy atom. The number of rotatable bonds is 6. The van der Waals surface area contributed by atoms with Crippen LogP contribution in [0.1, 0.15) is 34.6 Å². The Labute approximate surface area is 128 Å². The number of anilines is 1. The molecule has 0 radical (unpaired) electrons. The van der Waals surface area contributed by atoms with E-state index < -0.39 is 9.85 Å². The van der Waals surface area contributed by atoms with Crippen LogP contribution in [-0.2, 0) is 0 Å². The number of nitro groups is 2. The Kier molecular flexibility index (Phi) is 5.19. The van der Waals surface area contributed by atoms with Crippen LogP contribution in [0.15, 0.2) is 23.3 Å². The normalized spacial score (nSPS) is 12.4. The van der Waals surface area contributed by atoms with Crippen LogP contribution < -0.4 is 5.43 Å². The summed E-state index contributed by atoms with van der Waals surface area (Å²) >= 11 is 0. The molecule has 0 fully saturated rings. The molecule has 0 unspecified atom stereocenters. The Hall–Kier alpha value is -2.51. The number of hydrazone groups is 1. The zero-order chi connectivity index (χ0) is 17.1. The third-order valence-corrected chi connectivity index (χ3v) is 4.11. The van der Waals surface area contributed by atoms with E-state index in [2.05, 4.69) is 24.4 Å². The summed E-state index contributed by atoms with van der Waals surface area (Å²) in [5.74, 6) is 0.338. The molecule has 8 nitrogen and oxygen atoms in total. The fourth-order valence-corrected chi connectivity index (χ4v) is 1.59. The van der Waals surface area contributed by atoms with E-state index in [0.717, 1.165) is 11.8 Å². The van der Waals surface area contributed by atoms with Gasteiger partial charge in [0.25, 0.3) is 5.69 Å². The molecule has 8 heteroatoms. The highest BCUT2D eigenvalue weighted by molar-refractivity contribution is 5.88. The van der Waals surface area contributed by atoms with Gasteiger partial charge in [-0.05, 0) is 18.9 Å². The monoisotopic (exact) mass is 308 g/mol. The molecule has 0 amide bonds. The summed E-state index contributed by atoms with van der Waals surface area (Å²) in [5, 5.41) is 25.9. The van der Waals surface area contributed by atoms with Crippen LogP contribution in [0.3, 0.4) is 0 Å². The van der Waals surface area contributed by atoms with Crippen molar-refractivity contribution >= 4 is 22.8 Å². The average molecular weight is 308 g/mol. The van der Waals surface area contributed by atoms with Gasteiger partial charge >= 0.3 is 5.69 Å². The number of hydrogen-bond acceptors (Lipinski definition) is 6. The maximum absolute atomic E-state index is 11.0. The number of benzene rings is 1. The summed E-state index contributed by atoms with van der Waals surface area (Å²) in [5.41, 5.74) is 2.66. The highest BCUT2D eigenvalue weighted by Crippen LogP contribution is 2.31. The van der Waals surface area contributed by atoms with E-state index in [1.54, 1.807) is 0 Å². The summed E-state index contributed by atoms with van der Waals surface area (Å²) in [6.45, 7) is 10.0. The van der Waals surface area contributed by atoms with Crippen molar-refractivity contribution in [3.05, 3.63) is 38.4 Å². The van der Waals surface area contributed by atoms with Gasteiger partial charge in [-0.3, -0.25) is 25.7 Å². The molecule has 0 bridgehead atoms. The lowest BCUT2D eigenvalue weighted by atomic mass is 9.77. The number of nitro benzene ring substituents is 2. The number of non-ortho nitro benzene ring substituents is 1. The molecular formula is C14H20N4O4. The first-order valence-corrected chi connectivity index (χ1v) is 6.81. The van der Waals surface area contributed by atoms with Gasteiger partial charge in [0.1, 0.15) is 5.69 Å². The van der Waals surface area contributed by atoms with Crippen molar-refractivity contribution in [3.63, 3.8) is 0 Å². The van der Waals surface area contributed by atoms with Crippen LogP contribution in [0.25, 0.3) is 0 Å². The molecule has 1 aromatic carbocycles. The van der Waals surface area contributed by atoms with Gasteiger partial charge in [0.15, 0.2) is 0 Å². The third kappa shape index (κ3) is 3.78. The van der Waals surface area contributed by atoms with Crippen molar-refractivity contribution in [1.82, 2.24) is 0 Å². The standard InChI is InChI=1S/C14H20N4O4/c1-9(2)14(4,5)10(3)15-16-12-7-6-11(17(19)20)8-13(12)18(21)22/h6-9,16H,1-5H3/b15-10+. The van der Waals surface area contributed by atoms with E-state index in [9.17, 15) is 20.2 Å². The zero-order valence-electron chi connectivity index (χ0n) is 13.3. The molecule has 0 aliphatic rings. The van der Waals surface area contributed by atoms with E-state index in [1.165, 1.54) is 12.1 Å². The van der Waals surface area contributed by atoms with Gasteiger partial charge in [0.05, 0.1) is 15.9 Å². The Morgan fingerprint density at radius 2 is 1.82 bits per heavy atom. The van der Waals surface area contributed by atoms with Crippen molar-refractivity contribution in [2.45, 2.75) is 34.6 Å². The van der Waals surface area contributed by atoms with Crippen molar-refractivity contribution in [1.29, 1.82) is 0 Å². The third-order valence-electron chi connectivity index (χ3n) is 4.11. The van der Waals surface area contributed by atoms with Gasteiger partial charge in [-0.2, -0.15) is 5.10 Å². The van der Waals surface area contributed by atoms with Crippen molar-refractivity contribution in [3.8, 4) is 0 Å². The smallest absolute Gasteiger partial charge is 0.272 e. The molecule has 0 aliphatic heterocycles. The highest BCUT2D eigenvalue weighted by atomic mass is 16.6. The minimum atomic E-state index is -0.673. The quantitative estimate of drug-likeness (QED) is 0.485. The van der Waals surface area contributed by atoms with Crippen LogP contribution in [0.5, 0.6) is 0 Å². The lowest BCUT2D eigenvalue weighted by Gasteiger charge is -2.28. The average Bonchev–Trinajstić information content (AvgIpc) is 2.43. The van der Waals surface area contributed by atoms with Crippen LogP contribution in [0, 0.1) is 31.6 Å². The first-order valence-electron chi connectivity index (χ1n) is 6.81. The van der Waals surface area contributed by atoms with E-state index in [-0.39, 0.29) is 22.5 Å². The number of nitrogens with one attached hydrogen (secondary N) is 1. The SMILES string of the molecule is C/C(=N\Nc1ccc([N+](=O)[O-])cc1[N+](=O)[O-])C(C)(C)C(C)C. The van der Waals surface area contributed by atoms with Gasteiger partial charge < -0.3 is 0 Å². The number of nitrogens with zero attached hydrogens (tertiary/aromatic N) is 3. The van der Waals surface area contributed by atoms with Gasteiger partial charge in [0, 0.05) is 17.2 Å². The van der Waals surface area contributed by atoms with Gasteiger partial charge in [-0.15, -0.1) is 0 Å². The minimum absolute atomic E-state index is 0.120. The topological polar surface area (TPSA) is 111 Å². The second-order valence-electron chi connectivity index (χ2n) is 5.90. The predicted octanol–water partition coefficient (Wildman–Crippen LogP) is 3.97. The summed E-state index contributed by atoms with van der Waals surface area (Å²) in [6.07, 6.45) is 0. The molecule has 22 heavy (non-hydrogen) atoms. The molecule has 120 valence electrons. The van der Waals surface area contributed by atoms with E-state index >= 15 is 0 Å². The summed E-state index contributed by atoms with van der Waals surface area (Å²) < 4.78 is 0. The van der Waals surface area contributed by atoms with Gasteiger partial charge in [-0.25, -0.2) is 0 Å². The summed E-state index contributed by atoms with van der Waals surface area (Å²) in [4.78, 5) is 20.4. The fraction of sp³-hybridized carbons (Fsp3) is 0.500. The summed E-state index contributed by atoms with van der Waals surface area (Å²) in [6, 6.07) is 3.41. The second kappa shape index (κ2) is 6.50. The fourth-order valence-electron chi connectivity index (χ4n) is 1.59. The molecule has 1 N–H and O–H groups in total. The molecule has 1 rings (SSSR count). The molecule has 0 saturated carbocycles. The molecule has 0 spiro atoms. The lowest BCUT2D eigenvalue weighted by molar-refractivity contribution is -0.393. The molecule has 0 aliphatic carbocycles. The molecule has 1 aromatic rings. The molecular weight excluding hydrogens is 288 g/mol. The largest absolute Gasteiger partial charge is 0.301 e. The Bertz CT molecular complexity index is 623. The number of hydrogen-bond donors (Lipinski definition) is 1. The van der Waals surface area contributed by atoms with Crippen molar-refractivity contribution in [2.24, 2.45) is 16.4 Å². The van der Waals surface area contributed by atoms with Crippen LogP contribution in [-0.4, -0.2) is 15.6 Å². The van der Waals surface area contributed by atoms with Gasteiger partial charge in [-0.1, -0.05) is 27.7 Å². The molecule has 0 atom stereocenters. The zero-order valence-corrected chi connectivity index (χ0v) is 13.3. The van der Waals surface area contributed by atoms with E-state index in [0.29, 0.717) is 5.92 Å². The molecule has 0 saturated heterocycles. The Morgan fingerprint density at radius 1 is 1.23 bits per heavy atom. The van der Waals surface area contributed by atoms with E-state index in [1.807, 2.05) is 20.8 Å². The maximum Gasteiger partial charge on any atom is 0.301 e. The van der Waals surface area contributed by atoms with Crippen LogP contribution >= 0.6 is 0 Å². The second-order valence-corrected chi connectivity index (χ2v) is 5.90. The highest BCUT2D eigenvalue weighted by Gasteiger charge is 2.26. The van der Waals surface area contributed by atoms with Crippen LogP contribution in [0.2, 0.25) is 0 Å². The van der Waals surface area contributed by atoms with Crippen molar-refractivity contribution < 1.29 is 9.85 Å². The Balaban J connectivity index is 3.13. The molecule has 0 heterocycles. The van der Waals surface area contributed by atoms with Gasteiger partial charge in [0.2, 0.25) is 0 Å². The van der Waals surface area contributed by atoms with Crippen molar-refractivity contribution in [2.75, 3.05) is 5.43 Å². The maximum atomic E-state index is 11.0. The molecule has 0 aromatic heterocycles. The van der Waals surface area contributed by atoms with Crippen LogP contribution in [0.4, 0.5) is 17.1 Å².